The number of aromatic amines is 1. The molecule has 1 aromatic carbocycles. The summed E-state index contributed by atoms with van der Waals surface area (Å²) in [6.07, 6.45) is 0.674. The lowest BCUT2D eigenvalue weighted by atomic mass is 9.82. The molecule has 6 N–H and O–H groups in total. The first-order chi connectivity index (χ1) is 16.7. The third kappa shape index (κ3) is 5.34. The highest BCUT2D eigenvalue weighted by atomic mass is 19.1. The number of amides is 1. The molecule has 1 aliphatic rings. The summed E-state index contributed by atoms with van der Waals surface area (Å²) in [5.74, 6) is -0.532. The van der Waals surface area contributed by atoms with Crippen LogP contribution in [-0.2, 0) is 19.1 Å². The topological polar surface area (TPSA) is 171 Å². The van der Waals surface area contributed by atoms with Gasteiger partial charge in [-0.3, -0.25) is 9.59 Å². The van der Waals surface area contributed by atoms with Crippen molar-refractivity contribution in [3.63, 3.8) is 0 Å². The van der Waals surface area contributed by atoms with Crippen LogP contribution < -0.4 is 16.8 Å². The molecule has 3 aromatic rings. The van der Waals surface area contributed by atoms with E-state index in [0.717, 1.165) is 0 Å². The zero-order chi connectivity index (χ0) is 25.2. The number of nitrogens with zero attached hydrogens (tertiary/aromatic N) is 3. The second kappa shape index (κ2) is 9.86. The van der Waals surface area contributed by atoms with Gasteiger partial charge in [-0.05, 0) is 37.3 Å². The van der Waals surface area contributed by atoms with E-state index in [-0.39, 0.29) is 37.3 Å². The summed E-state index contributed by atoms with van der Waals surface area (Å²) < 4.78 is 25.3. The Labute approximate surface area is 200 Å². The zero-order valence-corrected chi connectivity index (χ0v) is 19.2. The van der Waals surface area contributed by atoms with Crippen LogP contribution in [-0.4, -0.2) is 57.4 Å². The number of anilines is 1. The molecular weight excluding hydrogens is 457 g/mol. The summed E-state index contributed by atoms with van der Waals surface area (Å²) in [6, 6.07) is 6.78. The minimum absolute atomic E-state index is 0.132. The number of hydrogen-bond acceptors (Lipinski definition) is 9. The number of rotatable bonds is 8. The van der Waals surface area contributed by atoms with Gasteiger partial charge in [0.2, 0.25) is 18.1 Å². The van der Waals surface area contributed by atoms with Crippen LogP contribution in [0.15, 0.2) is 36.5 Å². The maximum atomic E-state index is 13.6. The summed E-state index contributed by atoms with van der Waals surface area (Å²) in [5, 5.41) is 2.75. The monoisotopic (exact) mass is 483 g/mol. The van der Waals surface area contributed by atoms with Crippen molar-refractivity contribution in [2.45, 2.75) is 26.2 Å². The molecule has 1 unspecified atom stereocenters. The summed E-state index contributed by atoms with van der Waals surface area (Å²) in [5.41, 5.74) is 12.6. The van der Waals surface area contributed by atoms with Gasteiger partial charge in [-0.2, -0.15) is 0 Å². The third-order valence-corrected chi connectivity index (χ3v) is 5.71. The molecule has 1 atom stereocenters. The van der Waals surface area contributed by atoms with E-state index >= 15 is 0 Å². The van der Waals surface area contributed by atoms with Gasteiger partial charge >= 0.3 is 0 Å². The Morgan fingerprint density at radius 2 is 1.91 bits per heavy atom. The van der Waals surface area contributed by atoms with Crippen molar-refractivity contribution in [1.82, 2.24) is 19.9 Å². The quantitative estimate of drug-likeness (QED) is 0.371. The normalized spacial score (nSPS) is 20.9. The fourth-order valence-corrected chi connectivity index (χ4v) is 3.70. The number of imidazole rings is 1. The van der Waals surface area contributed by atoms with Gasteiger partial charge in [0, 0.05) is 17.2 Å². The second-order valence-electron chi connectivity index (χ2n) is 8.63. The number of benzene rings is 1. The Bertz CT molecular complexity index is 1220. The van der Waals surface area contributed by atoms with Crippen molar-refractivity contribution < 1.29 is 23.5 Å². The number of hydrogen-bond donors (Lipinski definition) is 4. The molecule has 0 bridgehead atoms. The lowest BCUT2D eigenvalue weighted by Crippen LogP contribution is -2.52. The van der Waals surface area contributed by atoms with Gasteiger partial charge in [0.15, 0.2) is 5.82 Å². The maximum Gasteiger partial charge on any atom is 0.236 e. The number of aromatic nitrogens is 4. The Morgan fingerprint density at radius 1 is 1.23 bits per heavy atom. The van der Waals surface area contributed by atoms with Gasteiger partial charge in [0.05, 0.1) is 42.9 Å². The first kappa shape index (κ1) is 24.4. The van der Waals surface area contributed by atoms with Gasteiger partial charge in [-0.25, -0.2) is 19.3 Å². The van der Waals surface area contributed by atoms with Crippen molar-refractivity contribution in [2.75, 3.05) is 25.1 Å². The summed E-state index contributed by atoms with van der Waals surface area (Å²) in [4.78, 5) is 39.2. The van der Waals surface area contributed by atoms with E-state index in [0.29, 0.717) is 28.5 Å². The first-order valence-corrected chi connectivity index (χ1v) is 10.9. The molecule has 12 heteroatoms. The number of carbonyl (C=O) groups excluding carboxylic acids is 2. The molecule has 0 spiro atoms. The van der Waals surface area contributed by atoms with Crippen LogP contribution in [0.1, 0.15) is 26.0 Å². The van der Waals surface area contributed by atoms with Crippen LogP contribution in [0.25, 0.3) is 22.6 Å². The molecule has 0 radical (unpaired) electrons. The van der Waals surface area contributed by atoms with Crippen LogP contribution in [0, 0.1) is 11.2 Å². The van der Waals surface area contributed by atoms with Gasteiger partial charge in [-0.15, -0.1) is 0 Å². The lowest BCUT2D eigenvalue weighted by molar-refractivity contribution is -0.236. The Morgan fingerprint density at radius 3 is 2.54 bits per heavy atom. The van der Waals surface area contributed by atoms with Crippen LogP contribution in [0.4, 0.5) is 10.3 Å². The summed E-state index contributed by atoms with van der Waals surface area (Å²) >= 11 is 0. The molecule has 1 aliphatic heterocycles. The number of halogens is 1. The van der Waals surface area contributed by atoms with Gasteiger partial charge < -0.3 is 31.2 Å². The van der Waals surface area contributed by atoms with E-state index in [4.69, 9.17) is 20.9 Å². The van der Waals surface area contributed by atoms with Crippen molar-refractivity contribution in [3.05, 3.63) is 48.2 Å². The minimum Gasteiger partial charge on any atom is -0.368 e. The number of carbonyl (C=O) groups is 2. The molecule has 1 fully saturated rings. The molecule has 35 heavy (non-hydrogen) atoms. The van der Waals surface area contributed by atoms with Gasteiger partial charge in [0.1, 0.15) is 11.6 Å². The molecule has 184 valence electrons. The number of ether oxygens (including phenoxy) is 2. The number of nitrogens with two attached hydrogens (primary N) is 2. The number of ketones is 1. The Balaban J connectivity index is 1.67. The fourth-order valence-electron chi connectivity index (χ4n) is 3.70. The van der Waals surface area contributed by atoms with Crippen molar-refractivity contribution in [3.8, 4) is 22.6 Å². The van der Waals surface area contributed by atoms with E-state index in [2.05, 4.69) is 25.3 Å². The molecule has 1 saturated heterocycles. The van der Waals surface area contributed by atoms with Crippen LogP contribution >= 0.6 is 0 Å². The third-order valence-electron chi connectivity index (χ3n) is 5.71. The Kier molecular flexibility index (Phi) is 6.87. The van der Waals surface area contributed by atoms with Crippen molar-refractivity contribution in [2.24, 2.45) is 16.9 Å². The highest BCUT2D eigenvalue weighted by molar-refractivity contribution is 5.82. The van der Waals surface area contributed by atoms with Crippen LogP contribution in [0.3, 0.4) is 0 Å². The predicted molar refractivity (Wildman–Crippen MR) is 124 cm³/mol. The molecule has 1 amide bonds. The van der Waals surface area contributed by atoms with Crippen molar-refractivity contribution in [1.29, 1.82) is 0 Å². The van der Waals surface area contributed by atoms with Gasteiger partial charge in [-0.1, -0.05) is 6.92 Å². The average molecular weight is 484 g/mol. The number of nitrogens with one attached hydrogen (secondary N) is 2. The fraction of sp³-hybridized carbons (Fsp3) is 0.348. The molecule has 2 aromatic heterocycles. The highest BCUT2D eigenvalue weighted by Crippen LogP contribution is 2.36. The summed E-state index contributed by atoms with van der Waals surface area (Å²) in [6.45, 7) is 3.51. The lowest BCUT2D eigenvalue weighted by Gasteiger charge is -2.39. The Hall–Kier alpha value is -3.74. The van der Waals surface area contributed by atoms with Crippen molar-refractivity contribution >= 4 is 17.6 Å². The van der Waals surface area contributed by atoms with Crippen LogP contribution in [0.2, 0.25) is 0 Å². The standard InChI is InChI=1S/C23H26FN7O4/c1-12(32)19(26)23(2)10-34-21(35-11-23)20-30-17(13-3-5-14(24)6-4-13)18(31-20)15-7-8-27-22(29-15)28-9-16(25)33/h3-8,19,21H,9-11,26H2,1-2H3,(H2,25,33)(H,30,31)(H,27,28,29). The van der Waals surface area contributed by atoms with Gasteiger partial charge in [0.25, 0.3) is 0 Å². The average Bonchev–Trinajstić information content (AvgIpc) is 3.29. The smallest absolute Gasteiger partial charge is 0.236 e. The van der Waals surface area contributed by atoms with E-state index < -0.39 is 23.7 Å². The van der Waals surface area contributed by atoms with E-state index in [9.17, 15) is 14.0 Å². The molecule has 3 heterocycles. The highest BCUT2D eigenvalue weighted by Gasteiger charge is 2.41. The zero-order valence-electron chi connectivity index (χ0n) is 19.2. The molecular formula is C23H26FN7O4. The number of Topliss-reactive ketones (excluding diaryl/α,β-unsaturated/α-hetero) is 1. The largest absolute Gasteiger partial charge is 0.368 e. The van der Waals surface area contributed by atoms with E-state index in [1.54, 1.807) is 18.2 Å². The SMILES string of the molecule is CC(=O)C(N)C1(C)COC(c2nc(-c3ccc(F)cc3)c(-c3ccnc(NCC(N)=O)n3)[nH]2)OC1. The number of H-pyrrole nitrogens is 1. The first-order valence-electron chi connectivity index (χ1n) is 10.9. The maximum absolute atomic E-state index is 13.6. The predicted octanol–water partition coefficient (Wildman–Crippen LogP) is 1.54. The molecule has 0 aliphatic carbocycles. The molecule has 4 rings (SSSR count). The van der Waals surface area contributed by atoms with E-state index in [1.807, 2.05) is 6.92 Å². The molecule has 0 saturated carbocycles. The second-order valence-corrected chi connectivity index (χ2v) is 8.63. The molecule has 11 nitrogen and oxygen atoms in total. The summed E-state index contributed by atoms with van der Waals surface area (Å²) in [7, 11) is 0. The number of primary amides is 1. The van der Waals surface area contributed by atoms with Crippen LogP contribution in [0.5, 0.6) is 0 Å². The minimum atomic E-state index is -0.843. The van der Waals surface area contributed by atoms with E-state index in [1.165, 1.54) is 25.3 Å².